The molecule has 0 nitrogen and oxygen atoms in total. The fourth-order valence-corrected chi connectivity index (χ4v) is 4.25. The van der Waals surface area contributed by atoms with E-state index in [0.29, 0.717) is 17.3 Å². The summed E-state index contributed by atoms with van der Waals surface area (Å²) in [6, 6.07) is 0. The van der Waals surface area contributed by atoms with E-state index in [0.717, 1.165) is 25.2 Å². The van der Waals surface area contributed by atoms with Gasteiger partial charge in [0.15, 0.2) is 0 Å². The van der Waals surface area contributed by atoms with Crippen molar-refractivity contribution in [3.63, 3.8) is 0 Å². The van der Waals surface area contributed by atoms with E-state index in [2.05, 4.69) is 34.6 Å². The van der Waals surface area contributed by atoms with Crippen LogP contribution in [0.2, 0.25) is 0 Å². The van der Waals surface area contributed by atoms with Crippen LogP contribution < -0.4 is 0 Å². The summed E-state index contributed by atoms with van der Waals surface area (Å²) in [6.07, 6.45) is 10.0. The first-order valence-corrected chi connectivity index (χ1v) is 9.53. The predicted octanol–water partition coefficient (Wildman–Crippen LogP) is 7.47. The Kier molecular flexibility index (Phi) is 7.82. The third kappa shape index (κ3) is 7.42. The molecule has 132 valence electrons. The van der Waals surface area contributed by atoms with Gasteiger partial charge in [-0.05, 0) is 55.3 Å². The molecule has 0 aliphatic heterocycles. The molecule has 0 saturated heterocycles. The molecule has 2 aliphatic carbocycles. The van der Waals surface area contributed by atoms with Gasteiger partial charge in [-0.2, -0.15) is 0 Å². The first-order valence-electron chi connectivity index (χ1n) is 9.53. The smallest absolute Gasteiger partial charge is 0.207 e. The normalized spacial score (nSPS) is 32.5. The Labute approximate surface area is 137 Å². The third-order valence-corrected chi connectivity index (χ3v) is 5.81. The molecule has 0 amide bonds. The van der Waals surface area contributed by atoms with Gasteiger partial charge in [-0.15, -0.1) is 0 Å². The van der Waals surface area contributed by atoms with E-state index in [1.165, 1.54) is 32.1 Å². The molecule has 0 N–H and O–H groups in total. The van der Waals surface area contributed by atoms with Gasteiger partial charge in [0.25, 0.3) is 0 Å². The molecule has 2 atom stereocenters. The molecule has 2 saturated carbocycles. The maximum absolute atomic E-state index is 12.7. The minimum Gasteiger partial charge on any atom is -0.207 e. The summed E-state index contributed by atoms with van der Waals surface area (Å²) in [5.41, 5.74) is 0.692. The average Bonchev–Trinajstić information content (AvgIpc) is 2.41. The minimum atomic E-state index is -2.35. The summed E-state index contributed by atoms with van der Waals surface area (Å²) in [4.78, 5) is 0. The Balaban J connectivity index is 0.000000224. The van der Waals surface area contributed by atoms with Crippen molar-refractivity contribution in [3.05, 3.63) is 0 Å². The molecule has 2 rings (SSSR count). The number of halogens is 2. The quantitative estimate of drug-likeness (QED) is 0.506. The van der Waals surface area contributed by atoms with Crippen molar-refractivity contribution in [2.75, 3.05) is 0 Å². The lowest BCUT2D eigenvalue weighted by Gasteiger charge is -2.36. The molecule has 22 heavy (non-hydrogen) atoms. The van der Waals surface area contributed by atoms with Crippen molar-refractivity contribution in [1.29, 1.82) is 0 Å². The zero-order valence-corrected chi connectivity index (χ0v) is 15.6. The van der Waals surface area contributed by atoms with E-state index in [1.54, 1.807) is 0 Å². The molecule has 2 fully saturated rings. The number of hydrogen-bond donors (Lipinski definition) is 0. The van der Waals surface area contributed by atoms with Gasteiger partial charge in [0.2, 0.25) is 5.92 Å². The van der Waals surface area contributed by atoms with Crippen LogP contribution in [0.25, 0.3) is 0 Å². The van der Waals surface area contributed by atoms with E-state index >= 15 is 0 Å². The summed E-state index contributed by atoms with van der Waals surface area (Å²) in [5, 5.41) is 0. The van der Waals surface area contributed by atoms with Gasteiger partial charge in [-0.25, -0.2) is 8.78 Å². The van der Waals surface area contributed by atoms with Crippen LogP contribution in [-0.4, -0.2) is 5.92 Å². The van der Waals surface area contributed by atoms with Crippen molar-refractivity contribution in [1.82, 2.24) is 0 Å². The lowest BCUT2D eigenvalue weighted by molar-refractivity contribution is -0.0476. The van der Waals surface area contributed by atoms with Crippen LogP contribution in [0.15, 0.2) is 0 Å². The Bertz CT molecular complexity index is 301. The van der Waals surface area contributed by atoms with E-state index in [1.807, 2.05) is 0 Å². The van der Waals surface area contributed by atoms with E-state index < -0.39 is 5.92 Å². The molecule has 2 aliphatic rings. The molecular formula is C20H38F2. The van der Waals surface area contributed by atoms with Gasteiger partial charge < -0.3 is 0 Å². The number of rotatable bonds is 3. The summed E-state index contributed by atoms with van der Waals surface area (Å²) in [5.74, 6) is -0.155. The molecule has 0 spiro atoms. The lowest BCUT2D eigenvalue weighted by atomic mass is 9.70. The maximum atomic E-state index is 12.7. The second kappa shape index (κ2) is 8.64. The van der Waals surface area contributed by atoms with Crippen LogP contribution in [0.3, 0.4) is 0 Å². The summed E-state index contributed by atoms with van der Waals surface area (Å²) < 4.78 is 25.4. The molecule has 1 unspecified atom stereocenters. The van der Waals surface area contributed by atoms with Crippen LogP contribution in [0, 0.1) is 23.2 Å². The lowest BCUT2D eigenvalue weighted by Crippen LogP contribution is -2.25. The maximum Gasteiger partial charge on any atom is 0.248 e. The van der Waals surface area contributed by atoms with Gasteiger partial charge in [-0.3, -0.25) is 0 Å². The molecule has 2 heteroatoms. The minimum absolute atomic E-state index is 0.115. The zero-order valence-electron chi connectivity index (χ0n) is 15.6. The summed E-state index contributed by atoms with van der Waals surface area (Å²) >= 11 is 0. The van der Waals surface area contributed by atoms with Crippen molar-refractivity contribution in [2.24, 2.45) is 23.2 Å². The van der Waals surface area contributed by atoms with Gasteiger partial charge in [0.05, 0.1) is 0 Å². The molecule has 0 aromatic heterocycles. The van der Waals surface area contributed by atoms with Crippen molar-refractivity contribution in [3.8, 4) is 0 Å². The second-order valence-corrected chi connectivity index (χ2v) is 8.79. The standard InChI is InChI=1S/C10H18F2.C10H20/c1-8(2)7-9-3-5-10(11,12)6-4-9;1-4-10(3)7-5-6-9(2)8-10/h8-9H,3-7H2,1-2H3;9H,4-8H2,1-3H3/t;9-,10?/m.0/s1. The van der Waals surface area contributed by atoms with Crippen LogP contribution >= 0.6 is 0 Å². The Morgan fingerprint density at radius 1 is 1.05 bits per heavy atom. The van der Waals surface area contributed by atoms with E-state index in [-0.39, 0.29) is 12.8 Å². The summed E-state index contributed by atoms with van der Waals surface area (Å²) in [6.45, 7) is 11.5. The van der Waals surface area contributed by atoms with Crippen LogP contribution in [0.4, 0.5) is 8.78 Å². The highest BCUT2D eigenvalue weighted by atomic mass is 19.3. The first kappa shape index (κ1) is 19.9. The molecule has 0 heterocycles. The molecule has 0 radical (unpaired) electrons. The van der Waals surface area contributed by atoms with Crippen LogP contribution in [0.1, 0.15) is 98.8 Å². The number of hydrogen-bond acceptors (Lipinski definition) is 0. The second-order valence-electron chi connectivity index (χ2n) is 8.79. The van der Waals surface area contributed by atoms with E-state index in [4.69, 9.17) is 0 Å². The van der Waals surface area contributed by atoms with Crippen molar-refractivity contribution >= 4 is 0 Å². The Morgan fingerprint density at radius 2 is 1.64 bits per heavy atom. The van der Waals surface area contributed by atoms with Gasteiger partial charge >= 0.3 is 0 Å². The van der Waals surface area contributed by atoms with Gasteiger partial charge in [-0.1, -0.05) is 53.9 Å². The zero-order chi connectivity index (χ0) is 16.8. The van der Waals surface area contributed by atoms with Crippen LogP contribution in [0.5, 0.6) is 0 Å². The molecule has 0 aromatic rings. The van der Waals surface area contributed by atoms with Gasteiger partial charge in [0.1, 0.15) is 0 Å². The highest BCUT2D eigenvalue weighted by molar-refractivity contribution is 4.80. The Hall–Kier alpha value is -0.140. The Morgan fingerprint density at radius 3 is 2.05 bits per heavy atom. The third-order valence-electron chi connectivity index (χ3n) is 5.81. The highest BCUT2D eigenvalue weighted by Crippen LogP contribution is 2.41. The average molecular weight is 317 g/mol. The van der Waals surface area contributed by atoms with Crippen molar-refractivity contribution < 1.29 is 8.78 Å². The van der Waals surface area contributed by atoms with Gasteiger partial charge in [0, 0.05) is 12.8 Å². The van der Waals surface area contributed by atoms with Crippen molar-refractivity contribution in [2.45, 2.75) is 105 Å². The fourth-order valence-electron chi connectivity index (χ4n) is 4.25. The fraction of sp³-hybridized carbons (Fsp3) is 1.00. The largest absolute Gasteiger partial charge is 0.248 e. The number of alkyl halides is 2. The van der Waals surface area contributed by atoms with Crippen LogP contribution in [-0.2, 0) is 0 Å². The van der Waals surface area contributed by atoms with E-state index in [9.17, 15) is 8.78 Å². The predicted molar refractivity (Wildman–Crippen MR) is 92.4 cm³/mol. The topological polar surface area (TPSA) is 0 Å². The molecule has 0 bridgehead atoms. The molecule has 0 aromatic carbocycles. The first-order chi connectivity index (χ1) is 10.2. The molecular weight excluding hydrogens is 278 g/mol. The summed E-state index contributed by atoms with van der Waals surface area (Å²) in [7, 11) is 0. The highest BCUT2D eigenvalue weighted by Gasteiger charge is 2.34. The monoisotopic (exact) mass is 316 g/mol. The SMILES string of the molecule is CC(C)CC1CCC(F)(F)CC1.CCC1(C)CCC[C@H](C)C1.